The number of nitrogens with zero attached hydrogens (tertiary/aromatic N) is 4. The summed E-state index contributed by atoms with van der Waals surface area (Å²) in [6, 6.07) is 2.10. The minimum Gasteiger partial charge on any atom is -0.370 e. The van der Waals surface area contributed by atoms with E-state index in [2.05, 4.69) is 34.9 Å². The number of aliphatic imine (C=N–C) groups is 1. The van der Waals surface area contributed by atoms with Gasteiger partial charge in [-0.2, -0.15) is 5.10 Å². The zero-order valence-electron chi connectivity index (χ0n) is 13.0. The van der Waals surface area contributed by atoms with Crippen molar-refractivity contribution in [2.24, 2.45) is 16.6 Å². The van der Waals surface area contributed by atoms with E-state index in [4.69, 9.17) is 5.73 Å². The highest BCUT2D eigenvalue weighted by atomic mass is 15.3. The Kier molecular flexibility index (Phi) is 5.04. The summed E-state index contributed by atoms with van der Waals surface area (Å²) in [6.07, 6.45) is 3.51. The van der Waals surface area contributed by atoms with E-state index in [1.165, 1.54) is 18.5 Å². The third kappa shape index (κ3) is 3.99. The average Bonchev–Trinajstić information content (AvgIpc) is 2.73. The Hall–Kier alpha value is -1.52. The first-order chi connectivity index (χ1) is 9.56. The smallest absolute Gasteiger partial charge is 0.191 e. The van der Waals surface area contributed by atoms with Gasteiger partial charge in [-0.25, -0.2) is 0 Å². The van der Waals surface area contributed by atoms with Crippen LogP contribution in [0.2, 0.25) is 0 Å². The predicted octanol–water partition coefficient (Wildman–Crippen LogP) is 1.94. The van der Waals surface area contributed by atoms with Crippen LogP contribution >= 0.6 is 0 Å². The van der Waals surface area contributed by atoms with Gasteiger partial charge in [-0.3, -0.25) is 9.67 Å². The molecule has 0 aliphatic carbocycles. The van der Waals surface area contributed by atoms with Crippen LogP contribution in [0, 0.1) is 19.8 Å². The zero-order chi connectivity index (χ0) is 14.5. The molecule has 0 bridgehead atoms. The number of nitrogens with two attached hydrogens (primary N) is 1. The van der Waals surface area contributed by atoms with Crippen LogP contribution in [0.1, 0.15) is 37.6 Å². The van der Waals surface area contributed by atoms with Gasteiger partial charge in [-0.05, 0) is 45.1 Å². The molecule has 1 aliphatic rings. The van der Waals surface area contributed by atoms with Crippen LogP contribution in [-0.4, -0.2) is 40.3 Å². The highest BCUT2D eigenvalue weighted by Crippen LogP contribution is 2.14. The van der Waals surface area contributed by atoms with Gasteiger partial charge in [0.25, 0.3) is 0 Å². The van der Waals surface area contributed by atoms with E-state index in [-0.39, 0.29) is 0 Å². The molecule has 0 aromatic carbocycles. The molecule has 0 radical (unpaired) electrons. The van der Waals surface area contributed by atoms with Crippen molar-refractivity contribution in [1.29, 1.82) is 0 Å². The van der Waals surface area contributed by atoms with Gasteiger partial charge in [0.15, 0.2) is 5.96 Å². The number of rotatable bonds is 4. The Balaban J connectivity index is 1.76. The molecule has 5 heteroatoms. The van der Waals surface area contributed by atoms with Gasteiger partial charge < -0.3 is 10.6 Å². The van der Waals surface area contributed by atoms with E-state index in [0.29, 0.717) is 5.96 Å². The molecule has 1 aromatic rings. The Morgan fingerprint density at radius 3 is 2.95 bits per heavy atom. The number of likely N-dealkylation sites (tertiary alicyclic amines) is 1. The topological polar surface area (TPSA) is 59.4 Å². The van der Waals surface area contributed by atoms with Crippen molar-refractivity contribution in [3.05, 3.63) is 17.5 Å². The molecule has 0 amide bonds. The van der Waals surface area contributed by atoms with Crippen LogP contribution in [0.5, 0.6) is 0 Å². The van der Waals surface area contributed by atoms with Crippen LogP contribution in [-0.2, 0) is 6.54 Å². The number of hydrogen-bond acceptors (Lipinski definition) is 2. The van der Waals surface area contributed by atoms with Crippen molar-refractivity contribution in [3.63, 3.8) is 0 Å². The molecular formula is C15H27N5. The molecule has 2 heterocycles. The fraction of sp³-hybridized carbons (Fsp3) is 0.733. The minimum atomic E-state index is 0.713. The summed E-state index contributed by atoms with van der Waals surface area (Å²) in [5, 5.41) is 4.45. The second-order valence-electron chi connectivity index (χ2n) is 5.94. The number of hydrogen-bond donors (Lipinski definition) is 1. The first-order valence-electron chi connectivity index (χ1n) is 7.62. The maximum absolute atomic E-state index is 6.08. The van der Waals surface area contributed by atoms with Crippen molar-refractivity contribution in [1.82, 2.24) is 14.7 Å². The van der Waals surface area contributed by atoms with Crippen LogP contribution in [0.15, 0.2) is 11.1 Å². The van der Waals surface area contributed by atoms with Crippen molar-refractivity contribution < 1.29 is 0 Å². The zero-order valence-corrected chi connectivity index (χ0v) is 13.0. The molecule has 5 nitrogen and oxygen atoms in total. The maximum atomic E-state index is 6.08. The van der Waals surface area contributed by atoms with Gasteiger partial charge in [0.05, 0.1) is 5.69 Å². The molecule has 1 saturated heterocycles. The van der Waals surface area contributed by atoms with Gasteiger partial charge in [0, 0.05) is 31.9 Å². The molecule has 1 aromatic heterocycles. The minimum absolute atomic E-state index is 0.713. The van der Waals surface area contributed by atoms with E-state index >= 15 is 0 Å². The van der Waals surface area contributed by atoms with Crippen LogP contribution < -0.4 is 5.73 Å². The number of aromatic nitrogens is 2. The van der Waals surface area contributed by atoms with Crippen LogP contribution in [0.25, 0.3) is 0 Å². The molecule has 1 atom stereocenters. The molecule has 0 spiro atoms. The van der Waals surface area contributed by atoms with Gasteiger partial charge in [-0.15, -0.1) is 0 Å². The summed E-state index contributed by atoms with van der Waals surface area (Å²) < 4.78 is 2.05. The standard InChI is InChI=1S/C15H27N5/c1-12-6-4-8-19(11-12)15(16)17-7-5-9-20-14(3)10-13(2)18-20/h10,12H,4-9,11H2,1-3H3,(H2,16,17). The molecule has 20 heavy (non-hydrogen) atoms. The SMILES string of the molecule is Cc1cc(C)n(CCCN=C(N)N2CCCC(C)C2)n1. The van der Waals surface area contributed by atoms with Crippen molar-refractivity contribution in [2.75, 3.05) is 19.6 Å². The van der Waals surface area contributed by atoms with E-state index in [1.807, 2.05) is 11.6 Å². The fourth-order valence-corrected chi connectivity index (χ4v) is 2.81. The summed E-state index contributed by atoms with van der Waals surface area (Å²) >= 11 is 0. The summed E-state index contributed by atoms with van der Waals surface area (Å²) in [7, 11) is 0. The predicted molar refractivity (Wildman–Crippen MR) is 82.8 cm³/mol. The molecule has 0 saturated carbocycles. The second-order valence-corrected chi connectivity index (χ2v) is 5.94. The van der Waals surface area contributed by atoms with E-state index in [1.54, 1.807) is 0 Å². The molecule has 2 N–H and O–H groups in total. The van der Waals surface area contributed by atoms with Gasteiger partial charge >= 0.3 is 0 Å². The van der Waals surface area contributed by atoms with E-state index < -0.39 is 0 Å². The first-order valence-corrected chi connectivity index (χ1v) is 7.62. The highest BCUT2D eigenvalue weighted by molar-refractivity contribution is 5.78. The quantitative estimate of drug-likeness (QED) is 0.520. The lowest BCUT2D eigenvalue weighted by molar-refractivity contribution is 0.270. The summed E-state index contributed by atoms with van der Waals surface area (Å²) in [4.78, 5) is 6.73. The van der Waals surface area contributed by atoms with Gasteiger partial charge in [0.1, 0.15) is 0 Å². The van der Waals surface area contributed by atoms with E-state index in [0.717, 1.165) is 44.2 Å². The second kappa shape index (κ2) is 6.77. The normalized spacial score (nSPS) is 20.4. The molecule has 1 unspecified atom stereocenters. The fourth-order valence-electron chi connectivity index (χ4n) is 2.81. The van der Waals surface area contributed by atoms with E-state index in [9.17, 15) is 0 Å². The van der Waals surface area contributed by atoms with Gasteiger partial charge in [-0.1, -0.05) is 6.92 Å². The maximum Gasteiger partial charge on any atom is 0.191 e. The number of piperidine rings is 1. The third-order valence-corrected chi connectivity index (χ3v) is 3.89. The average molecular weight is 277 g/mol. The summed E-state index contributed by atoms with van der Waals surface area (Å²) in [5.41, 5.74) is 8.37. The Morgan fingerprint density at radius 1 is 1.50 bits per heavy atom. The summed E-state index contributed by atoms with van der Waals surface area (Å²) in [5.74, 6) is 1.44. The third-order valence-electron chi connectivity index (χ3n) is 3.89. The lowest BCUT2D eigenvalue weighted by atomic mass is 10.0. The molecular weight excluding hydrogens is 250 g/mol. The van der Waals surface area contributed by atoms with Crippen LogP contribution in [0.3, 0.4) is 0 Å². The molecule has 112 valence electrons. The van der Waals surface area contributed by atoms with Crippen molar-refractivity contribution in [3.8, 4) is 0 Å². The highest BCUT2D eigenvalue weighted by Gasteiger charge is 2.17. The Morgan fingerprint density at radius 2 is 2.30 bits per heavy atom. The lowest BCUT2D eigenvalue weighted by Crippen LogP contribution is -2.43. The lowest BCUT2D eigenvalue weighted by Gasteiger charge is -2.31. The Bertz CT molecular complexity index is 463. The number of guanidine groups is 1. The van der Waals surface area contributed by atoms with Crippen LogP contribution in [0.4, 0.5) is 0 Å². The largest absolute Gasteiger partial charge is 0.370 e. The molecule has 2 rings (SSSR count). The molecule has 1 fully saturated rings. The summed E-state index contributed by atoms with van der Waals surface area (Å²) in [6.45, 7) is 10.2. The monoisotopic (exact) mass is 277 g/mol. The molecule has 1 aliphatic heterocycles. The Labute approximate surface area is 121 Å². The van der Waals surface area contributed by atoms with Crippen molar-refractivity contribution >= 4 is 5.96 Å². The van der Waals surface area contributed by atoms with Gasteiger partial charge in [0.2, 0.25) is 0 Å². The van der Waals surface area contributed by atoms with Crippen molar-refractivity contribution in [2.45, 2.75) is 46.6 Å². The number of aryl methyl sites for hydroxylation is 3. The first kappa shape index (κ1) is 14.9.